The van der Waals surface area contributed by atoms with Crippen molar-refractivity contribution in [1.29, 1.82) is 0 Å². The Balaban J connectivity index is 1.54. The van der Waals surface area contributed by atoms with Crippen molar-refractivity contribution in [3.8, 4) is 5.75 Å². The van der Waals surface area contributed by atoms with Gasteiger partial charge in [0.15, 0.2) is 6.61 Å². The number of carbonyl (C=O) groups excluding carboxylic acids is 3. The van der Waals surface area contributed by atoms with E-state index in [1.807, 2.05) is 26.0 Å². The molecule has 4 rings (SSSR count). The van der Waals surface area contributed by atoms with Crippen LogP contribution in [0.15, 0.2) is 65.1 Å². The number of amides is 3. The van der Waals surface area contributed by atoms with Crippen molar-refractivity contribution in [2.75, 3.05) is 16.8 Å². The lowest BCUT2D eigenvalue weighted by molar-refractivity contribution is -0.118. The van der Waals surface area contributed by atoms with E-state index in [1.54, 1.807) is 48.5 Å². The van der Waals surface area contributed by atoms with E-state index < -0.39 is 17.7 Å². The molecule has 0 aliphatic carbocycles. The Hall–Kier alpha value is -3.45. The Labute approximate surface area is 188 Å². The highest BCUT2D eigenvalue weighted by molar-refractivity contribution is 9.10. The first-order chi connectivity index (χ1) is 14.9. The van der Waals surface area contributed by atoms with Crippen molar-refractivity contribution in [3.63, 3.8) is 0 Å². The highest BCUT2D eigenvalue weighted by atomic mass is 79.9. The van der Waals surface area contributed by atoms with Gasteiger partial charge in [0.2, 0.25) is 0 Å². The predicted octanol–water partition coefficient (Wildman–Crippen LogP) is 4.88. The number of imide groups is 1. The average Bonchev–Trinajstić information content (AvgIpc) is 2.99. The molecule has 0 aromatic heterocycles. The molecule has 3 amide bonds. The van der Waals surface area contributed by atoms with Crippen LogP contribution in [-0.2, 0) is 4.79 Å². The topological polar surface area (TPSA) is 75.7 Å². The third-order valence-electron chi connectivity index (χ3n) is 4.92. The van der Waals surface area contributed by atoms with Crippen LogP contribution in [0, 0.1) is 13.8 Å². The van der Waals surface area contributed by atoms with Gasteiger partial charge in [-0.15, -0.1) is 0 Å². The molecule has 6 nitrogen and oxygen atoms in total. The Morgan fingerprint density at radius 2 is 1.74 bits per heavy atom. The van der Waals surface area contributed by atoms with Gasteiger partial charge in [-0.3, -0.25) is 14.4 Å². The number of aryl methyl sites for hydroxylation is 2. The summed E-state index contributed by atoms with van der Waals surface area (Å²) in [6.07, 6.45) is 0. The van der Waals surface area contributed by atoms with Crippen LogP contribution < -0.4 is 15.0 Å². The molecule has 0 saturated carbocycles. The van der Waals surface area contributed by atoms with E-state index in [9.17, 15) is 14.4 Å². The predicted molar refractivity (Wildman–Crippen MR) is 122 cm³/mol. The van der Waals surface area contributed by atoms with Gasteiger partial charge in [0, 0.05) is 0 Å². The van der Waals surface area contributed by atoms with E-state index >= 15 is 0 Å². The molecule has 3 aromatic rings. The quantitative estimate of drug-likeness (QED) is 0.530. The van der Waals surface area contributed by atoms with Gasteiger partial charge in [0.05, 0.1) is 27.0 Å². The lowest BCUT2D eigenvalue weighted by Gasteiger charge is -2.14. The molecular weight excluding hydrogens is 460 g/mol. The van der Waals surface area contributed by atoms with Crippen molar-refractivity contribution in [2.45, 2.75) is 13.8 Å². The number of carbonyl (C=O) groups is 3. The number of nitrogens with one attached hydrogen (secondary N) is 1. The fourth-order valence-electron chi connectivity index (χ4n) is 3.61. The lowest BCUT2D eigenvalue weighted by Crippen LogP contribution is -2.29. The highest BCUT2D eigenvalue weighted by Gasteiger charge is 2.38. The highest BCUT2D eigenvalue weighted by Crippen LogP contribution is 2.33. The van der Waals surface area contributed by atoms with Crippen LogP contribution in [-0.4, -0.2) is 24.3 Å². The van der Waals surface area contributed by atoms with Crippen LogP contribution in [0.2, 0.25) is 0 Å². The molecular formula is C24H19BrN2O4. The third-order valence-corrected chi connectivity index (χ3v) is 5.51. The molecule has 0 fully saturated rings. The van der Waals surface area contributed by atoms with Gasteiger partial charge in [-0.25, -0.2) is 4.90 Å². The summed E-state index contributed by atoms with van der Waals surface area (Å²) >= 11 is 3.45. The molecule has 1 N–H and O–H groups in total. The number of ether oxygens (including phenoxy) is 1. The maximum absolute atomic E-state index is 13.0. The molecule has 31 heavy (non-hydrogen) atoms. The fraction of sp³-hybridized carbons (Fsp3) is 0.125. The maximum atomic E-state index is 13.0. The minimum Gasteiger partial charge on any atom is -0.482 e. The first-order valence-electron chi connectivity index (χ1n) is 9.63. The number of hydrogen-bond donors (Lipinski definition) is 1. The molecule has 1 heterocycles. The summed E-state index contributed by atoms with van der Waals surface area (Å²) in [6.45, 7) is 3.63. The van der Waals surface area contributed by atoms with Gasteiger partial charge in [0.25, 0.3) is 17.7 Å². The minimum absolute atomic E-state index is 0.178. The van der Waals surface area contributed by atoms with Crippen molar-refractivity contribution in [3.05, 3.63) is 87.4 Å². The van der Waals surface area contributed by atoms with Crippen LogP contribution >= 0.6 is 15.9 Å². The van der Waals surface area contributed by atoms with E-state index in [4.69, 9.17) is 4.74 Å². The van der Waals surface area contributed by atoms with Crippen molar-refractivity contribution in [2.24, 2.45) is 0 Å². The molecule has 0 radical (unpaired) electrons. The first-order valence-corrected chi connectivity index (χ1v) is 10.4. The Bertz CT molecular complexity index is 1180. The van der Waals surface area contributed by atoms with E-state index in [1.165, 1.54) is 0 Å². The number of nitrogens with zero attached hydrogens (tertiary/aromatic N) is 1. The number of hydrogen-bond acceptors (Lipinski definition) is 4. The van der Waals surface area contributed by atoms with Gasteiger partial charge in [-0.2, -0.15) is 0 Å². The van der Waals surface area contributed by atoms with Crippen LogP contribution in [0.5, 0.6) is 5.75 Å². The first kappa shape index (κ1) is 20.8. The zero-order chi connectivity index (χ0) is 22.1. The Morgan fingerprint density at radius 3 is 2.45 bits per heavy atom. The SMILES string of the molecule is Cc1cc(C)c(OCC(=O)Nc2cccc3c2C(=O)N(c2ccccc2)C3=O)c(Br)c1. The molecule has 3 aromatic carbocycles. The van der Waals surface area contributed by atoms with Gasteiger partial charge in [0.1, 0.15) is 5.75 Å². The second-order valence-electron chi connectivity index (χ2n) is 7.24. The minimum atomic E-state index is -0.472. The van der Waals surface area contributed by atoms with Crippen LogP contribution in [0.4, 0.5) is 11.4 Å². The molecule has 1 aliphatic heterocycles. The van der Waals surface area contributed by atoms with Crippen LogP contribution in [0.25, 0.3) is 0 Å². The molecule has 156 valence electrons. The molecule has 0 saturated heterocycles. The number of fused-ring (bicyclic) bond motifs is 1. The van der Waals surface area contributed by atoms with Gasteiger partial charge >= 0.3 is 0 Å². The van der Waals surface area contributed by atoms with E-state index in [0.29, 0.717) is 11.4 Å². The summed E-state index contributed by atoms with van der Waals surface area (Å²) in [7, 11) is 0. The van der Waals surface area contributed by atoms with Crippen LogP contribution in [0.3, 0.4) is 0 Å². The molecule has 7 heteroatoms. The zero-order valence-electron chi connectivity index (χ0n) is 16.9. The van der Waals surface area contributed by atoms with E-state index in [-0.39, 0.29) is 23.4 Å². The zero-order valence-corrected chi connectivity index (χ0v) is 18.5. The fourth-order valence-corrected chi connectivity index (χ4v) is 4.40. The maximum Gasteiger partial charge on any atom is 0.268 e. The molecule has 0 unspecified atom stereocenters. The van der Waals surface area contributed by atoms with E-state index in [0.717, 1.165) is 20.5 Å². The number of para-hydroxylation sites is 1. The van der Waals surface area contributed by atoms with Gasteiger partial charge < -0.3 is 10.1 Å². The summed E-state index contributed by atoms with van der Waals surface area (Å²) in [5.41, 5.74) is 3.17. The number of benzene rings is 3. The number of rotatable bonds is 5. The summed E-state index contributed by atoms with van der Waals surface area (Å²) in [6, 6.07) is 17.4. The Kier molecular flexibility index (Phi) is 5.61. The standard InChI is InChI=1S/C24H19BrN2O4/c1-14-11-15(2)22(18(25)12-14)31-13-20(28)26-19-10-6-9-17-21(19)24(30)27(23(17)29)16-7-4-3-5-8-16/h3-12H,13H2,1-2H3,(H,26,28). The average molecular weight is 479 g/mol. The summed E-state index contributed by atoms with van der Waals surface area (Å²) in [4.78, 5) is 39.5. The number of anilines is 2. The normalized spacial score (nSPS) is 12.7. The van der Waals surface area contributed by atoms with Gasteiger partial charge in [-0.05, 0) is 71.2 Å². The molecule has 0 atom stereocenters. The Morgan fingerprint density at radius 1 is 1.00 bits per heavy atom. The molecule has 1 aliphatic rings. The summed E-state index contributed by atoms with van der Waals surface area (Å²) in [5.74, 6) is -0.739. The second kappa shape index (κ2) is 8.35. The largest absolute Gasteiger partial charge is 0.482 e. The summed E-state index contributed by atoms with van der Waals surface area (Å²) < 4.78 is 6.45. The van der Waals surface area contributed by atoms with Gasteiger partial charge in [-0.1, -0.05) is 30.3 Å². The summed E-state index contributed by atoms with van der Waals surface area (Å²) in [5, 5.41) is 2.71. The lowest BCUT2D eigenvalue weighted by atomic mass is 10.1. The molecule has 0 spiro atoms. The monoisotopic (exact) mass is 478 g/mol. The van der Waals surface area contributed by atoms with Crippen LogP contribution in [0.1, 0.15) is 31.8 Å². The van der Waals surface area contributed by atoms with Crippen molar-refractivity contribution >= 4 is 45.0 Å². The second-order valence-corrected chi connectivity index (χ2v) is 8.09. The van der Waals surface area contributed by atoms with E-state index in [2.05, 4.69) is 21.2 Å². The molecule has 0 bridgehead atoms. The smallest absolute Gasteiger partial charge is 0.268 e. The van der Waals surface area contributed by atoms with Crippen molar-refractivity contribution < 1.29 is 19.1 Å². The third kappa shape index (κ3) is 3.96. The van der Waals surface area contributed by atoms with Crippen molar-refractivity contribution in [1.82, 2.24) is 0 Å². The number of halogens is 1.